The molecule has 2 unspecified atom stereocenters. The number of hydrogen-bond donors (Lipinski definition) is 1. The molecule has 2 aromatic rings. The van der Waals surface area contributed by atoms with Crippen molar-refractivity contribution < 1.29 is 4.79 Å². The van der Waals surface area contributed by atoms with E-state index in [1.165, 1.54) is 0 Å². The predicted molar refractivity (Wildman–Crippen MR) is 103 cm³/mol. The first-order valence-corrected chi connectivity index (χ1v) is 9.52. The maximum atomic E-state index is 13.0. The van der Waals surface area contributed by atoms with Crippen molar-refractivity contribution in [1.82, 2.24) is 25.0 Å². The summed E-state index contributed by atoms with van der Waals surface area (Å²) >= 11 is 12.7. The number of nitrogens with one attached hydrogen (secondary N) is 1. The van der Waals surface area contributed by atoms with Gasteiger partial charge in [-0.05, 0) is 26.0 Å². The fourth-order valence-electron chi connectivity index (χ4n) is 3.12. The zero-order chi connectivity index (χ0) is 19.0. The van der Waals surface area contributed by atoms with Crippen LogP contribution in [0.3, 0.4) is 0 Å². The fraction of sp³-hybridized carbons (Fsp3) is 0.500. The molecule has 1 amide bonds. The molecule has 140 valence electrons. The molecule has 0 radical (unpaired) electrons. The summed E-state index contributed by atoms with van der Waals surface area (Å²) in [7, 11) is 0. The molecule has 6 nitrogen and oxygen atoms in total. The third kappa shape index (κ3) is 3.46. The summed E-state index contributed by atoms with van der Waals surface area (Å²) < 4.78 is 1.60. The summed E-state index contributed by atoms with van der Waals surface area (Å²) in [5.74, 6) is 0.704. The van der Waals surface area contributed by atoms with E-state index in [-0.39, 0.29) is 29.7 Å². The molecule has 1 aromatic heterocycles. The number of carbonyl (C=O) groups is 1. The van der Waals surface area contributed by atoms with Crippen LogP contribution < -0.4 is 5.32 Å². The molecule has 1 aliphatic heterocycles. The van der Waals surface area contributed by atoms with Crippen LogP contribution in [0.4, 0.5) is 0 Å². The van der Waals surface area contributed by atoms with Gasteiger partial charge in [0.1, 0.15) is 11.5 Å². The molecular weight excluding hydrogens is 373 g/mol. The van der Waals surface area contributed by atoms with Crippen LogP contribution in [0.15, 0.2) is 18.2 Å². The average molecular weight is 396 g/mol. The summed E-state index contributed by atoms with van der Waals surface area (Å²) in [6.07, 6.45) is 0. The van der Waals surface area contributed by atoms with Crippen LogP contribution in [0.1, 0.15) is 50.1 Å². The minimum Gasteiger partial charge on any atom is -0.330 e. The van der Waals surface area contributed by atoms with E-state index in [0.717, 1.165) is 6.54 Å². The van der Waals surface area contributed by atoms with E-state index < -0.39 is 0 Å². The Kier molecular flexibility index (Phi) is 5.55. The summed E-state index contributed by atoms with van der Waals surface area (Å²) in [5.41, 5.74) is 0.549. The highest BCUT2D eigenvalue weighted by Gasteiger charge is 2.32. The molecule has 0 spiro atoms. The van der Waals surface area contributed by atoms with E-state index in [0.29, 0.717) is 28.1 Å². The molecule has 1 aliphatic rings. The molecule has 2 atom stereocenters. The first-order valence-electron chi connectivity index (χ1n) is 8.77. The molecule has 0 bridgehead atoms. The van der Waals surface area contributed by atoms with E-state index in [4.69, 9.17) is 23.2 Å². The van der Waals surface area contributed by atoms with Gasteiger partial charge in [0.2, 0.25) is 5.82 Å². The molecule has 1 saturated heterocycles. The Morgan fingerprint density at radius 2 is 1.92 bits per heavy atom. The first-order chi connectivity index (χ1) is 12.3. The SMILES string of the molecule is CC(C)c1nc(C(=O)N2CCNC(C)C2C)nn1-c1c(Cl)cccc1Cl. The Balaban J connectivity index is 2.04. The van der Waals surface area contributed by atoms with E-state index in [1.54, 1.807) is 22.9 Å². The zero-order valence-corrected chi connectivity index (χ0v) is 16.8. The Labute approximate surface area is 163 Å². The van der Waals surface area contributed by atoms with Crippen LogP contribution in [0.25, 0.3) is 5.69 Å². The van der Waals surface area contributed by atoms with E-state index >= 15 is 0 Å². The predicted octanol–water partition coefficient (Wildman–Crippen LogP) is 3.52. The van der Waals surface area contributed by atoms with Crippen molar-refractivity contribution >= 4 is 29.1 Å². The van der Waals surface area contributed by atoms with Crippen molar-refractivity contribution in [3.05, 3.63) is 39.9 Å². The number of carbonyl (C=O) groups excluding carboxylic acids is 1. The number of benzene rings is 1. The lowest BCUT2D eigenvalue weighted by Gasteiger charge is -2.37. The van der Waals surface area contributed by atoms with Gasteiger partial charge in [-0.15, -0.1) is 5.10 Å². The number of rotatable bonds is 3. The third-order valence-electron chi connectivity index (χ3n) is 4.78. The van der Waals surface area contributed by atoms with Crippen LogP contribution in [-0.2, 0) is 0 Å². The maximum Gasteiger partial charge on any atom is 0.293 e. The van der Waals surface area contributed by atoms with Gasteiger partial charge in [0, 0.05) is 31.1 Å². The zero-order valence-electron chi connectivity index (χ0n) is 15.3. The lowest BCUT2D eigenvalue weighted by atomic mass is 10.1. The van der Waals surface area contributed by atoms with Gasteiger partial charge < -0.3 is 10.2 Å². The average Bonchev–Trinajstić information content (AvgIpc) is 3.02. The Bertz CT molecular complexity index is 800. The van der Waals surface area contributed by atoms with Crippen molar-refractivity contribution in [2.24, 2.45) is 0 Å². The number of nitrogens with zero attached hydrogens (tertiary/aromatic N) is 4. The fourth-order valence-corrected chi connectivity index (χ4v) is 3.67. The van der Waals surface area contributed by atoms with Crippen molar-refractivity contribution in [2.45, 2.75) is 45.7 Å². The molecule has 3 rings (SSSR count). The Morgan fingerprint density at radius 3 is 2.54 bits per heavy atom. The van der Waals surface area contributed by atoms with Gasteiger partial charge in [-0.3, -0.25) is 4.79 Å². The van der Waals surface area contributed by atoms with Gasteiger partial charge in [-0.2, -0.15) is 0 Å². The second-order valence-electron chi connectivity index (χ2n) is 6.91. The van der Waals surface area contributed by atoms with Gasteiger partial charge in [0.15, 0.2) is 0 Å². The smallest absolute Gasteiger partial charge is 0.293 e. The van der Waals surface area contributed by atoms with Crippen LogP contribution in [0.5, 0.6) is 0 Å². The number of piperazine rings is 1. The van der Waals surface area contributed by atoms with Crippen molar-refractivity contribution in [1.29, 1.82) is 0 Å². The summed E-state index contributed by atoms with van der Waals surface area (Å²) in [6.45, 7) is 9.47. The maximum absolute atomic E-state index is 13.0. The van der Waals surface area contributed by atoms with Crippen LogP contribution in [0, 0.1) is 0 Å². The molecule has 26 heavy (non-hydrogen) atoms. The molecule has 8 heteroatoms. The van der Waals surface area contributed by atoms with Crippen molar-refractivity contribution in [3.8, 4) is 5.69 Å². The van der Waals surface area contributed by atoms with Gasteiger partial charge in [0.25, 0.3) is 5.91 Å². The van der Waals surface area contributed by atoms with Crippen molar-refractivity contribution in [3.63, 3.8) is 0 Å². The van der Waals surface area contributed by atoms with Crippen molar-refractivity contribution in [2.75, 3.05) is 13.1 Å². The molecule has 2 heterocycles. The van der Waals surface area contributed by atoms with Crippen LogP contribution in [-0.4, -0.2) is 50.7 Å². The second-order valence-corrected chi connectivity index (χ2v) is 7.73. The highest BCUT2D eigenvalue weighted by molar-refractivity contribution is 6.37. The Hall–Kier alpha value is -1.63. The molecule has 0 aliphatic carbocycles. The minimum absolute atomic E-state index is 0.0516. The topological polar surface area (TPSA) is 63.1 Å². The summed E-state index contributed by atoms with van der Waals surface area (Å²) in [6, 6.07) is 5.55. The van der Waals surface area contributed by atoms with Crippen LogP contribution in [0.2, 0.25) is 10.0 Å². The normalized spacial score (nSPS) is 20.7. The van der Waals surface area contributed by atoms with Gasteiger partial charge >= 0.3 is 0 Å². The second kappa shape index (κ2) is 7.55. The summed E-state index contributed by atoms with van der Waals surface area (Å²) in [4.78, 5) is 19.4. The minimum atomic E-state index is -0.172. The van der Waals surface area contributed by atoms with Gasteiger partial charge in [-0.1, -0.05) is 43.1 Å². The number of halogens is 2. The number of para-hydroxylation sites is 1. The van der Waals surface area contributed by atoms with Crippen LogP contribution >= 0.6 is 23.2 Å². The monoisotopic (exact) mass is 395 g/mol. The molecule has 0 saturated carbocycles. The van der Waals surface area contributed by atoms with E-state index in [9.17, 15) is 4.79 Å². The van der Waals surface area contributed by atoms with Gasteiger partial charge in [-0.25, -0.2) is 9.67 Å². The molecule has 1 aromatic carbocycles. The highest BCUT2D eigenvalue weighted by Crippen LogP contribution is 2.30. The van der Waals surface area contributed by atoms with E-state index in [2.05, 4.69) is 22.3 Å². The molecule has 1 N–H and O–H groups in total. The van der Waals surface area contributed by atoms with E-state index in [1.807, 2.05) is 25.7 Å². The molecule has 1 fully saturated rings. The highest BCUT2D eigenvalue weighted by atomic mass is 35.5. The standard InChI is InChI=1S/C18H23Cl2N5O/c1-10(2)17-22-16(18(26)24-9-8-21-11(3)12(24)4)23-25(17)15-13(19)6-5-7-14(15)20/h5-7,10-12,21H,8-9H2,1-4H3. The number of amides is 1. The lowest BCUT2D eigenvalue weighted by molar-refractivity contribution is 0.0590. The van der Waals surface area contributed by atoms with Gasteiger partial charge in [0.05, 0.1) is 10.0 Å². The quantitative estimate of drug-likeness (QED) is 0.863. The third-order valence-corrected chi connectivity index (χ3v) is 5.39. The summed E-state index contributed by atoms with van der Waals surface area (Å²) in [5, 5.41) is 8.78. The number of hydrogen-bond acceptors (Lipinski definition) is 4. The Morgan fingerprint density at radius 1 is 1.27 bits per heavy atom. The number of aromatic nitrogens is 3. The first kappa shape index (κ1) is 19.1. The largest absolute Gasteiger partial charge is 0.330 e. The lowest BCUT2D eigenvalue weighted by Crippen LogP contribution is -2.57. The molecular formula is C18H23Cl2N5O.